The molecule has 0 saturated heterocycles. The van der Waals surface area contributed by atoms with Crippen LogP contribution in [0.5, 0.6) is 0 Å². The fourth-order valence-electron chi connectivity index (χ4n) is 8.86. The molecule has 5 heteroatoms. The SMILES string of the molecule is CC.CC1=C(C)[C@H]([Si](C)(C)C2CCCCC2)[C@H](C)[C@@H]1C.CC1CC(C)C(C)C1C.C[Si](C)(Cl)C1CCCCC1.[Cl-].[Li+]. The average molecular weight is 640 g/mol. The van der Waals surface area contributed by atoms with Crippen LogP contribution >= 0.6 is 11.1 Å². The van der Waals surface area contributed by atoms with Crippen LogP contribution in [-0.4, -0.2) is 15.5 Å². The molecule has 4 rings (SSSR count). The summed E-state index contributed by atoms with van der Waals surface area (Å²) in [6.45, 7) is 33.3. The maximum atomic E-state index is 6.35. The summed E-state index contributed by atoms with van der Waals surface area (Å²) >= 11 is 6.35. The molecule has 0 heterocycles. The van der Waals surface area contributed by atoms with Crippen molar-refractivity contribution in [2.45, 2.75) is 183 Å². The van der Waals surface area contributed by atoms with Crippen molar-refractivity contribution in [3.63, 3.8) is 0 Å². The molecule has 4 unspecified atom stereocenters. The second kappa shape index (κ2) is 20.5. The van der Waals surface area contributed by atoms with Crippen LogP contribution in [0, 0.1) is 35.5 Å². The smallest absolute Gasteiger partial charge is 1.00 e. The Balaban J connectivity index is 0. The topological polar surface area (TPSA) is 0 Å². The van der Waals surface area contributed by atoms with Gasteiger partial charge in [0, 0.05) is 0 Å². The van der Waals surface area contributed by atoms with Gasteiger partial charge in [0.05, 0.1) is 8.07 Å². The van der Waals surface area contributed by atoms with E-state index in [4.69, 9.17) is 11.1 Å². The summed E-state index contributed by atoms with van der Waals surface area (Å²) in [6.07, 6.45) is 16.1. The molecule has 0 amide bonds. The van der Waals surface area contributed by atoms with Gasteiger partial charge in [-0.15, -0.1) is 0 Å². The molecule has 0 N–H and O–H groups in total. The Labute approximate surface area is 285 Å². The Bertz CT molecular complexity index is 708. The predicted molar refractivity (Wildman–Crippen MR) is 188 cm³/mol. The maximum absolute atomic E-state index is 6.35. The summed E-state index contributed by atoms with van der Waals surface area (Å²) in [7, 11) is -2.42. The van der Waals surface area contributed by atoms with E-state index in [0.717, 1.165) is 52.1 Å². The van der Waals surface area contributed by atoms with E-state index >= 15 is 0 Å². The Morgan fingerprint density at radius 3 is 1.20 bits per heavy atom. The molecule has 0 aliphatic heterocycles. The van der Waals surface area contributed by atoms with E-state index in [0.29, 0.717) is 0 Å². The van der Waals surface area contributed by atoms with Crippen molar-refractivity contribution in [3.05, 3.63) is 11.1 Å². The molecule has 4 aliphatic carbocycles. The number of hydrogen-bond donors (Lipinski definition) is 0. The Hall–Kier alpha value is 1.35. The van der Waals surface area contributed by atoms with Gasteiger partial charge in [-0.25, -0.2) is 0 Å². The Morgan fingerprint density at radius 1 is 0.585 bits per heavy atom. The molecule has 0 aromatic rings. The maximum Gasteiger partial charge on any atom is 1.00 e. The molecule has 41 heavy (non-hydrogen) atoms. The first-order chi connectivity index (χ1) is 18.1. The summed E-state index contributed by atoms with van der Waals surface area (Å²) in [6, 6.07) is 0. The van der Waals surface area contributed by atoms with Gasteiger partial charge in [-0.2, -0.15) is 11.1 Å². The largest absolute Gasteiger partial charge is 1.00 e. The van der Waals surface area contributed by atoms with Crippen molar-refractivity contribution in [2.24, 2.45) is 35.5 Å². The minimum absolute atomic E-state index is 0. The van der Waals surface area contributed by atoms with E-state index in [1.54, 1.807) is 11.1 Å². The Kier molecular flexibility index (Phi) is 22.2. The summed E-state index contributed by atoms with van der Waals surface area (Å²) in [4.78, 5) is 0. The molecule has 0 bridgehead atoms. The van der Waals surface area contributed by atoms with Crippen molar-refractivity contribution in [1.29, 1.82) is 0 Å². The van der Waals surface area contributed by atoms with E-state index in [9.17, 15) is 0 Å². The fourth-order valence-corrected chi connectivity index (χ4v) is 16.7. The van der Waals surface area contributed by atoms with Gasteiger partial charge in [0.1, 0.15) is 0 Å². The first-order valence-corrected chi connectivity index (χ1v) is 24.7. The molecule has 0 aromatic heterocycles. The van der Waals surface area contributed by atoms with Gasteiger partial charge in [-0.3, -0.25) is 0 Å². The molecule has 3 saturated carbocycles. The van der Waals surface area contributed by atoms with Crippen LogP contribution in [-0.2, 0) is 0 Å². The van der Waals surface area contributed by atoms with Gasteiger partial charge in [0.2, 0.25) is 0 Å². The third-order valence-corrected chi connectivity index (χ3v) is 21.2. The molecule has 0 radical (unpaired) electrons. The summed E-state index contributed by atoms with van der Waals surface area (Å²) in [5.74, 6) is 5.57. The molecule has 240 valence electrons. The van der Waals surface area contributed by atoms with Crippen LogP contribution in [0.4, 0.5) is 0 Å². The normalized spacial score (nSPS) is 32.7. The first-order valence-electron chi connectivity index (χ1n) is 17.5. The van der Waals surface area contributed by atoms with Gasteiger partial charge >= 0.3 is 18.9 Å². The van der Waals surface area contributed by atoms with Crippen LogP contribution in [0.15, 0.2) is 11.1 Å². The monoisotopic (exact) mass is 638 g/mol. The van der Waals surface area contributed by atoms with E-state index in [-0.39, 0.29) is 31.3 Å². The van der Waals surface area contributed by atoms with Crippen molar-refractivity contribution in [2.75, 3.05) is 0 Å². The van der Waals surface area contributed by atoms with Crippen molar-refractivity contribution in [3.8, 4) is 0 Å². The van der Waals surface area contributed by atoms with Crippen molar-refractivity contribution in [1.82, 2.24) is 0 Å². The van der Waals surface area contributed by atoms with Crippen LogP contribution < -0.4 is 31.3 Å². The second-order valence-corrected chi connectivity index (χ2v) is 27.4. The number of hydrogen-bond acceptors (Lipinski definition) is 0. The summed E-state index contributed by atoms with van der Waals surface area (Å²) in [5, 5.41) is 0. The summed E-state index contributed by atoms with van der Waals surface area (Å²) < 4.78 is 0. The van der Waals surface area contributed by atoms with Crippen LogP contribution in [0.2, 0.25) is 42.8 Å². The number of rotatable bonds is 3. The first kappa shape index (κ1) is 44.5. The van der Waals surface area contributed by atoms with Gasteiger partial charge < -0.3 is 12.4 Å². The molecule has 0 spiro atoms. The quantitative estimate of drug-likeness (QED) is 0.168. The summed E-state index contributed by atoms with van der Waals surface area (Å²) in [5.41, 5.74) is 6.44. The van der Waals surface area contributed by atoms with Gasteiger partial charge in [0.25, 0.3) is 0 Å². The predicted octanol–water partition coefficient (Wildman–Crippen LogP) is 7.75. The van der Waals surface area contributed by atoms with E-state index in [1.165, 1.54) is 70.6 Å². The zero-order valence-corrected chi connectivity index (χ0v) is 34.2. The van der Waals surface area contributed by atoms with Gasteiger partial charge in [0.15, 0.2) is 7.38 Å². The molecule has 3 fully saturated rings. The molecular formula is C36H73Cl2LiSi2. The molecule has 0 aromatic carbocycles. The minimum Gasteiger partial charge on any atom is -1.00 e. The fraction of sp³-hybridized carbons (Fsp3) is 0.944. The minimum atomic E-state index is -1.28. The van der Waals surface area contributed by atoms with Gasteiger partial charge in [-0.1, -0.05) is 157 Å². The number of allylic oxidation sites excluding steroid dienone is 2. The second-order valence-electron chi connectivity index (χ2n) is 15.5. The standard InChI is InChI=1S/C17H32Si.C9H18.C8H17ClSi.C2H6.ClH.Li/c1-12-13(2)15(4)17(14(12)3)18(5,6)16-10-8-7-9-11-16;1-6-5-7(2)9(4)8(6)3;1-10(2,9)8-6-4-3-5-7-8;1-2;;/h12,14,16-17H,7-11H2,1-6H3;6-9H,5H2,1-4H3;8H,3-7H2,1-2H3;1-2H3;1H;/q;;;;;+1/p-1/t12-,14-,17-;;;;;/m1...../s1. The third-order valence-electron chi connectivity index (χ3n) is 12.5. The molecule has 4 aliphatic rings. The van der Waals surface area contributed by atoms with Crippen LogP contribution in [0.25, 0.3) is 0 Å². The average Bonchev–Trinajstić information content (AvgIpc) is 3.26. The van der Waals surface area contributed by atoms with E-state index in [1.807, 2.05) is 13.8 Å². The van der Waals surface area contributed by atoms with Crippen molar-refractivity contribution >= 4 is 26.5 Å². The van der Waals surface area contributed by atoms with E-state index in [2.05, 4.69) is 81.6 Å². The van der Waals surface area contributed by atoms with Crippen LogP contribution in [0.3, 0.4) is 0 Å². The third kappa shape index (κ3) is 12.6. The van der Waals surface area contributed by atoms with Crippen LogP contribution in [0.1, 0.15) is 140 Å². The number of halogens is 2. The Morgan fingerprint density at radius 2 is 0.951 bits per heavy atom. The van der Waals surface area contributed by atoms with Gasteiger partial charge in [-0.05, 0) is 72.4 Å². The zero-order chi connectivity index (χ0) is 30.1. The molecular weight excluding hydrogens is 566 g/mol. The van der Waals surface area contributed by atoms with E-state index < -0.39 is 15.5 Å². The zero-order valence-electron chi connectivity index (χ0n) is 30.7. The molecule has 7 atom stereocenters. The van der Waals surface area contributed by atoms with Crippen molar-refractivity contribution < 1.29 is 31.3 Å². The molecule has 0 nitrogen and oxygen atoms in total.